The second kappa shape index (κ2) is 11.2. The molecule has 0 spiro atoms. The third-order valence-corrected chi connectivity index (χ3v) is 6.81. The Morgan fingerprint density at radius 2 is 1.59 bits per heavy atom. The van der Waals surface area contributed by atoms with Gasteiger partial charge in [-0.2, -0.15) is 0 Å². The molecule has 0 bridgehead atoms. The third kappa shape index (κ3) is 6.60. The Morgan fingerprint density at radius 1 is 0.941 bits per heavy atom. The molecular weight excluding hydrogens is 448 g/mol. The summed E-state index contributed by atoms with van der Waals surface area (Å²) in [4.78, 5) is 12.5. The number of amides is 1. The first-order chi connectivity index (χ1) is 16.2. The molecule has 0 aliphatic carbocycles. The van der Waals surface area contributed by atoms with Gasteiger partial charge in [-0.1, -0.05) is 42.5 Å². The van der Waals surface area contributed by atoms with Gasteiger partial charge in [0.2, 0.25) is 10.0 Å². The number of carbonyl (C=O) groups is 1. The van der Waals surface area contributed by atoms with Crippen molar-refractivity contribution in [1.29, 1.82) is 0 Å². The maximum Gasteiger partial charge on any atom is 0.251 e. The van der Waals surface area contributed by atoms with Crippen LogP contribution in [-0.2, 0) is 23.0 Å². The van der Waals surface area contributed by atoms with Crippen LogP contribution >= 0.6 is 0 Å². The van der Waals surface area contributed by atoms with E-state index >= 15 is 0 Å². The molecule has 0 saturated heterocycles. The molecule has 0 atom stereocenters. The maximum absolute atomic E-state index is 12.6. The molecule has 1 N–H and O–H groups in total. The lowest BCUT2D eigenvalue weighted by atomic mass is 10.1. The second-order valence-electron chi connectivity index (χ2n) is 8.42. The number of sulfonamides is 1. The van der Waals surface area contributed by atoms with E-state index in [1.165, 1.54) is 10.6 Å². The van der Waals surface area contributed by atoms with Crippen LogP contribution in [0.25, 0.3) is 0 Å². The molecule has 0 heterocycles. The van der Waals surface area contributed by atoms with E-state index in [1.54, 1.807) is 31.4 Å². The average molecular weight is 481 g/mol. The van der Waals surface area contributed by atoms with E-state index in [0.717, 1.165) is 40.8 Å². The number of carbonyl (C=O) groups excluding carboxylic acids is 1. The van der Waals surface area contributed by atoms with Crippen molar-refractivity contribution >= 4 is 21.6 Å². The molecule has 0 saturated carbocycles. The van der Waals surface area contributed by atoms with Crippen LogP contribution in [0.3, 0.4) is 0 Å². The van der Waals surface area contributed by atoms with Gasteiger partial charge in [-0.15, -0.1) is 0 Å². The summed E-state index contributed by atoms with van der Waals surface area (Å²) in [5.74, 6) is 0.681. The Balaban J connectivity index is 1.60. The fourth-order valence-corrected chi connectivity index (χ4v) is 4.92. The first kappa shape index (κ1) is 25.3. The minimum Gasteiger partial charge on any atom is -0.497 e. The molecule has 0 aromatic heterocycles. The Hall–Kier alpha value is -3.32. The summed E-state index contributed by atoms with van der Waals surface area (Å²) in [5.41, 5.74) is 5.01. The van der Waals surface area contributed by atoms with Gasteiger partial charge in [-0.05, 0) is 73.2 Å². The predicted octanol–water partition coefficient (Wildman–Crippen LogP) is 4.64. The first-order valence-electron chi connectivity index (χ1n) is 11.2. The normalized spacial score (nSPS) is 11.2. The molecule has 180 valence electrons. The van der Waals surface area contributed by atoms with Crippen LogP contribution in [0.4, 0.5) is 5.69 Å². The third-order valence-electron chi connectivity index (χ3n) is 5.69. The second-order valence-corrected chi connectivity index (χ2v) is 10.3. The largest absolute Gasteiger partial charge is 0.497 e. The molecule has 0 unspecified atom stereocenters. The van der Waals surface area contributed by atoms with E-state index in [1.807, 2.05) is 56.3 Å². The molecule has 3 aromatic carbocycles. The van der Waals surface area contributed by atoms with Crippen molar-refractivity contribution in [2.24, 2.45) is 0 Å². The number of methoxy groups -OCH3 is 1. The fraction of sp³-hybridized carbons (Fsp3) is 0.296. The summed E-state index contributed by atoms with van der Waals surface area (Å²) in [6.07, 6.45) is 2.87. The highest BCUT2D eigenvalue weighted by Crippen LogP contribution is 2.28. The van der Waals surface area contributed by atoms with Crippen LogP contribution in [0.1, 0.15) is 39.0 Å². The lowest BCUT2D eigenvalue weighted by molar-refractivity contribution is 0.0953. The summed E-state index contributed by atoms with van der Waals surface area (Å²) in [5, 5.41) is 2.95. The quantitative estimate of drug-likeness (QED) is 0.429. The molecule has 3 aromatic rings. The smallest absolute Gasteiger partial charge is 0.251 e. The summed E-state index contributed by atoms with van der Waals surface area (Å²) in [7, 11) is -1.84. The Morgan fingerprint density at radius 3 is 2.21 bits per heavy atom. The van der Waals surface area contributed by atoms with Gasteiger partial charge in [0.25, 0.3) is 5.91 Å². The molecule has 7 heteroatoms. The van der Waals surface area contributed by atoms with Gasteiger partial charge >= 0.3 is 0 Å². The van der Waals surface area contributed by atoms with E-state index in [-0.39, 0.29) is 12.5 Å². The molecular formula is C27H32N2O4S. The summed E-state index contributed by atoms with van der Waals surface area (Å²) < 4.78 is 31.8. The molecule has 0 fully saturated rings. The minimum absolute atomic E-state index is 0.146. The number of hydrogen-bond donors (Lipinski definition) is 1. The zero-order valence-electron chi connectivity index (χ0n) is 20.2. The van der Waals surface area contributed by atoms with Crippen LogP contribution < -0.4 is 14.4 Å². The number of benzene rings is 3. The number of aryl methyl sites for hydroxylation is 3. The number of nitrogens with zero attached hydrogens (tertiary/aromatic N) is 1. The van der Waals surface area contributed by atoms with Crippen molar-refractivity contribution in [3.63, 3.8) is 0 Å². The highest BCUT2D eigenvalue weighted by molar-refractivity contribution is 7.92. The monoisotopic (exact) mass is 480 g/mol. The number of rotatable bonds is 10. The molecule has 0 aliphatic rings. The van der Waals surface area contributed by atoms with Crippen LogP contribution in [0.2, 0.25) is 0 Å². The van der Waals surface area contributed by atoms with Crippen LogP contribution in [0, 0.1) is 13.8 Å². The Labute approximate surface area is 202 Å². The van der Waals surface area contributed by atoms with Gasteiger partial charge in [0, 0.05) is 12.1 Å². The van der Waals surface area contributed by atoms with E-state index in [4.69, 9.17) is 4.74 Å². The topological polar surface area (TPSA) is 75.7 Å². The van der Waals surface area contributed by atoms with Crippen molar-refractivity contribution in [1.82, 2.24) is 5.32 Å². The van der Waals surface area contributed by atoms with Gasteiger partial charge in [-0.3, -0.25) is 9.10 Å². The molecule has 0 aliphatic heterocycles. The zero-order valence-corrected chi connectivity index (χ0v) is 21.0. The number of nitrogens with one attached hydrogen (secondary N) is 1. The lowest BCUT2D eigenvalue weighted by Gasteiger charge is -2.26. The van der Waals surface area contributed by atoms with E-state index in [0.29, 0.717) is 17.8 Å². The highest BCUT2D eigenvalue weighted by atomic mass is 32.2. The van der Waals surface area contributed by atoms with Gasteiger partial charge < -0.3 is 10.1 Å². The van der Waals surface area contributed by atoms with Crippen LogP contribution in [0.15, 0.2) is 66.7 Å². The van der Waals surface area contributed by atoms with Crippen LogP contribution in [-0.4, -0.2) is 34.2 Å². The Bertz CT molecular complexity index is 1220. The Kier molecular flexibility index (Phi) is 8.34. The van der Waals surface area contributed by atoms with E-state index in [2.05, 4.69) is 5.32 Å². The van der Waals surface area contributed by atoms with Crippen molar-refractivity contribution in [2.75, 3.05) is 24.2 Å². The SMILES string of the molecule is COc1cccc(CCCNC(=O)c2ccc(CN(c3c(C)cccc3C)S(C)(=O)=O)cc2)c1. The van der Waals surface area contributed by atoms with Crippen LogP contribution in [0.5, 0.6) is 5.75 Å². The summed E-state index contributed by atoms with van der Waals surface area (Å²) in [6.45, 7) is 4.57. The lowest BCUT2D eigenvalue weighted by Crippen LogP contribution is -2.30. The van der Waals surface area contributed by atoms with Gasteiger partial charge in [0.05, 0.1) is 25.6 Å². The highest BCUT2D eigenvalue weighted by Gasteiger charge is 2.21. The van der Waals surface area contributed by atoms with Gasteiger partial charge in [0.1, 0.15) is 5.75 Å². The van der Waals surface area contributed by atoms with Crippen molar-refractivity contribution in [2.45, 2.75) is 33.2 Å². The average Bonchev–Trinajstić information content (AvgIpc) is 2.81. The summed E-state index contributed by atoms with van der Waals surface area (Å²) in [6, 6.07) is 20.7. The van der Waals surface area contributed by atoms with Gasteiger partial charge in [0.15, 0.2) is 0 Å². The fourth-order valence-electron chi connectivity index (χ4n) is 3.91. The number of hydrogen-bond acceptors (Lipinski definition) is 4. The van der Waals surface area contributed by atoms with Crippen molar-refractivity contribution < 1.29 is 17.9 Å². The maximum atomic E-state index is 12.6. The summed E-state index contributed by atoms with van der Waals surface area (Å²) >= 11 is 0. The number of ether oxygens (including phenoxy) is 1. The molecule has 0 radical (unpaired) electrons. The van der Waals surface area contributed by atoms with Crippen molar-refractivity contribution in [3.8, 4) is 5.75 Å². The first-order valence-corrected chi connectivity index (χ1v) is 13.1. The standard InChI is InChI=1S/C27H32N2O4S/c1-20-8-5-9-21(2)26(20)29(34(4,31)32)19-23-13-15-24(16-14-23)27(30)28-17-7-11-22-10-6-12-25(18-22)33-3/h5-6,8-10,12-16,18H,7,11,17,19H2,1-4H3,(H,28,30). The molecule has 6 nitrogen and oxygen atoms in total. The van der Waals surface area contributed by atoms with Gasteiger partial charge in [-0.25, -0.2) is 8.42 Å². The predicted molar refractivity (Wildman–Crippen MR) is 137 cm³/mol. The zero-order chi connectivity index (χ0) is 24.7. The molecule has 34 heavy (non-hydrogen) atoms. The minimum atomic E-state index is -3.48. The number of para-hydroxylation sites is 1. The van der Waals surface area contributed by atoms with E-state index in [9.17, 15) is 13.2 Å². The van der Waals surface area contributed by atoms with Crippen molar-refractivity contribution in [3.05, 3.63) is 94.5 Å². The molecule has 3 rings (SSSR count). The van der Waals surface area contributed by atoms with E-state index < -0.39 is 10.0 Å². The molecule has 1 amide bonds. The number of anilines is 1.